The molecule has 0 spiro atoms. The lowest BCUT2D eigenvalue weighted by molar-refractivity contribution is -0.0500. The summed E-state index contributed by atoms with van der Waals surface area (Å²) in [4.78, 5) is 3.81. The van der Waals surface area contributed by atoms with E-state index in [1.165, 1.54) is 24.5 Å². The zero-order chi connectivity index (χ0) is 14.8. The van der Waals surface area contributed by atoms with Gasteiger partial charge in [-0.3, -0.25) is 4.98 Å². The lowest BCUT2D eigenvalue weighted by Crippen LogP contribution is -2.28. The van der Waals surface area contributed by atoms with Crippen molar-refractivity contribution in [3.8, 4) is 16.9 Å². The summed E-state index contributed by atoms with van der Waals surface area (Å²) in [6, 6.07) is 8.63. The van der Waals surface area contributed by atoms with Crippen molar-refractivity contribution in [2.45, 2.75) is 5.51 Å². The number of pyridine rings is 1. The SMILES string of the molecule is O=S(=O)(Oc1cccc(-c2ccncc2)c1)C(F)(F)F. The van der Waals surface area contributed by atoms with Crippen molar-refractivity contribution in [1.82, 2.24) is 4.98 Å². The summed E-state index contributed by atoms with van der Waals surface area (Å²) < 4.78 is 62.5. The van der Waals surface area contributed by atoms with E-state index in [0.29, 0.717) is 11.1 Å². The standard InChI is InChI=1S/C12H8F3NO3S/c13-12(14,15)20(17,18)19-11-3-1-2-10(8-11)9-4-6-16-7-5-9/h1-8H. The van der Waals surface area contributed by atoms with Crippen LogP contribution in [0.3, 0.4) is 0 Å². The Morgan fingerprint density at radius 2 is 1.65 bits per heavy atom. The van der Waals surface area contributed by atoms with E-state index in [1.54, 1.807) is 18.2 Å². The van der Waals surface area contributed by atoms with E-state index < -0.39 is 21.4 Å². The molecule has 0 bridgehead atoms. The van der Waals surface area contributed by atoms with Crippen LogP contribution in [0, 0.1) is 0 Å². The quantitative estimate of drug-likeness (QED) is 0.646. The fourth-order valence-corrected chi connectivity index (χ4v) is 1.90. The molecule has 0 saturated carbocycles. The Labute approximate surface area is 113 Å². The number of nitrogens with zero attached hydrogens (tertiary/aromatic N) is 1. The van der Waals surface area contributed by atoms with E-state index in [2.05, 4.69) is 9.17 Å². The van der Waals surface area contributed by atoms with Crippen molar-refractivity contribution in [2.24, 2.45) is 0 Å². The van der Waals surface area contributed by atoms with Gasteiger partial charge in [0.1, 0.15) is 5.75 Å². The van der Waals surface area contributed by atoms with Crippen molar-refractivity contribution < 1.29 is 25.8 Å². The molecule has 0 aliphatic carbocycles. The maximum atomic E-state index is 12.2. The summed E-state index contributed by atoms with van der Waals surface area (Å²) in [5.74, 6) is -0.406. The molecule has 2 rings (SSSR count). The van der Waals surface area contributed by atoms with Crippen LogP contribution in [0.2, 0.25) is 0 Å². The Morgan fingerprint density at radius 1 is 1.00 bits per heavy atom. The van der Waals surface area contributed by atoms with Gasteiger partial charge in [0.2, 0.25) is 0 Å². The Morgan fingerprint density at radius 3 is 2.25 bits per heavy atom. The van der Waals surface area contributed by atoms with E-state index in [0.717, 1.165) is 6.07 Å². The van der Waals surface area contributed by atoms with Gasteiger partial charge in [-0.15, -0.1) is 0 Å². The first-order chi connectivity index (χ1) is 9.29. The minimum atomic E-state index is -5.66. The largest absolute Gasteiger partial charge is 0.534 e. The normalized spacial score (nSPS) is 12.2. The van der Waals surface area contributed by atoms with Crippen molar-refractivity contribution >= 4 is 10.1 Å². The first-order valence-electron chi connectivity index (χ1n) is 5.31. The van der Waals surface area contributed by atoms with Gasteiger partial charge in [0.15, 0.2) is 0 Å². The summed E-state index contributed by atoms with van der Waals surface area (Å²) >= 11 is 0. The molecule has 0 unspecified atom stereocenters. The van der Waals surface area contributed by atoms with Gasteiger partial charge < -0.3 is 4.18 Å². The highest BCUT2D eigenvalue weighted by molar-refractivity contribution is 7.88. The minimum Gasteiger partial charge on any atom is -0.376 e. The number of benzene rings is 1. The zero-order valence-electron chi connectivity index (χ0n) is 9.83. The molecular formula is C12H8F3NO3S. The molecule has 0 atom stereocenters. The van der Waals surface area contributed by atoms with Crippen LogP contribution in [0.25, 0.3) is 11.1 Å². The summed E-state index contributed by atoms with van der Waals surface area (Å²) in [6.07, 6.45) is 3.02. The smallest absolute Gasteiger partial charge is 0.376 e. The molecule has 0 saturated heterocycles. The van der Waals surface area contributed by atoms with Gasteiger partial charge in [-0.1, -0.05) is 12.1 Å². The van der Waals surface area contributed by atoms with Gasteiger partial charge in [0.05, 0.1) is 0 Å². The number of hydrogen-bond acceptors (Lipinski definition) is 4. The number of aromatic nitrogens is 1. The van der Waals surface area contributed by atoms with E-state index in [1.807, 2.05) is 0 Å². The summed E-state index contributed by atoms with van der Waals surface area (Å²) in [5, 5.41) is 0. The number of alkyl halides is 3. The van der Waals surface area contributed by atoms with Crippen molar-refractivity contribution in [3.63, 3.8) is 0 Å². The molecule has 0 aliphatic heterocycles. The number of halogens is 3. The van der Waals surface area contributed by atoms with Crippen LogP contribution in [0.4, 0.5) is 13.2 Å². The molecule has 1 aromatic carbocycles. The molecule has 0 radical (unpaired) electrons. The Kier molecular flexibility index (Phi) is 3.67. The molecule has 8 heteroatoms. The summed E-state index contributed by atoms with van der Waals surface area (Å²) in [5.41, 5.74) is -4.27. The van der Waals surface area contributed by atoms with Crippen molar-refractivity contribution in [2.75, 3.05) is 0 Å². The molecular weight excluding hydrogens is 295 g/mol. The molecule has 0 N–H and O–H groups in total. The van der Waals surface area contributed by atoms with Crippen LogP contribution < -0.4 is 4.18 Å². The van der Waals surface area contributed by atoms with E-state index in [4.69, 9.17) is 0 Å². The molecule has 0 amide bonds. The van der Waals surface area contributed by atoms with E-state index >= 15 is 0 Å². The lowest BCUT2D eigenvalue weighted by atomic mass is 10.1. The highest BCUT2D eigenvalue weighted by Crippen LogP contribution is 2.29. The molecule has 0 fully saturated rings. The second kappa shape index (κ2) is 5.12. The van der Waals surface area contributed by atoms with Crippen LogP contribution in [0.1, 0.15) is 0 Å². The molecule has 0 aliphatic rings. The topological polar surface area (TPSA) is 56.3 Å². The lowest BCUT2D eigenvalue weighted by Gasteiger charge is -2.10. The second-order valence-electron chi connectivity index (χ2n) is 3.75. The van der Waals surface area contributed by atoms with Gasteiger partial charge in [-0.25, -0.2) is 0 Å². The zero-order valence-corrected chi connectivity index (χ0v) is 10.6. The summed E-state index contributed by atoms with van der Waals surface area (Å²) in [7, 11) is -5.66. The van der Waals surface area contributed by atoms with Crippen LogP contribution >= 0.6 is 0 Å². The first-order valence-corrected chi connectivity index (χ1v) is 6.72. The average molecular weight is 303 g/mol. The molecule has 106 valence electrons. The third-order valence-corrected chi connectivity index (χ3v) is 3.32. The van der Waals surface area contributed by atoms with Crippen LogP contribution in [0.15, 0.2) is 48.8 Å². The maximum absolute atomic E-state index is 12.2. The van der Waals surface area contributed by atoms with Crippen LogP contribution in [-0.4, -0.2) is 18.9 Å². The van der Waals surface area contributed by atoms with Gasteiger partial charge in [0, 0.05) is 12.4 Å². The third-order valence-electron chi connectivity index (χ3n) is 2.34. The van der Waals surface area contributed by atoms with Gasteiger partial charge in [0.25, 0.3) is 0 Å². The third kappa shape index (κ3) is 3.08. The summed E-state index contributed by atoms with van der Waals surface area (Å²) in [6.45, 7) is 0. The van der Waals surface area contributed by atoms with Crippen LogP contribution in [-0.2, 0) is 10.1 Å². The minimum absolute atomic E-state index is 0.406. The van der Waals surface area contributed by atoms with Crippen molar-refractivity contribution in [3.05, 3.63) is 48.8 Å². The predicted molar refractivity (Wildman–Crippen MR) is 65.3 cm³/mol. The van der Waals surface area contributed by atoms with Gasteiger partial charge in [-0.05, 0) is 35.4 Å². The monoisotopic (exact) mass is 303 g/mol. The highest BCUT2D eigenvalue weighted by atomic mass is 32.2. The van der Waals surface area contributed by atoms with Crippen LogP contribution in [0.5, 0.6) is 5.75 Å². The molecule has 1 aromatic heterocycles. The number of hydrogen-bond donors (Lipinski definition) is 0. The van der Waals surface area contributed by atoms with E-state index in [-0.39, 0.29) is 0 Å². The fraction of sp³-hybridized carbons (Fsp3) is 0.0833. The van der Waals surface area contributed by atoms with E-state index in [9.17, 15) is 21.6 Å². The molecule has 2 aromatic rings. The van der Waals surface area contributed by atoms with Gasteiger partial charge in [-0.2, -0.15) is 21.6 Å². The number of rotatable bonds is 3. The first kappa shape index (κ1) is 14.3. The molecule has 4 nitrogen and oxygen atoms in total. The fourth-order valence-electron chi connectivity index (χ4n) is 1.45. The van der Waals surface area contributed by atoms with Gasteiger partial charge >= 0.3 is 15.6 Å². The average Bonchev–Trinajstić information content (AvgIpc) is 2.38. The van der Waals surface area contributed by atoms with Crippen molar-refractivity contribution in [1.29, 1.82) is 0 Å². The Balaban J connectivity index is 2.33. The highest BCUT2D eigenvalue weighted by Gasteiger charge is 2.48. The predicted octanol–water partition coefficient (Wildman–Crippen LogP) is 2.98. The second-order valence-corrected chi connectivity index (χ2v) is 5.28. The molecule has 1 heterocycles. The Bertz CT molecular complexity index is 699. The molecule has 20 heavy (non-hydrogen) atoms. The maximum Gasteiger partial charge on any atom is 0.534 e. The Hall–Kier alpha value is -2.09.